The van der Waals surface area contributed by atoms with E-state index >= 15 is 0 Å². The molecule has 1 saturated heterocycles. The summed E-state index contributed by atoms with van der Waals surface area (Å²) in [5.74, 6) is 0. The Bertz CT molecular complexity index is 1010. The van der Waals surface area contributed by atoms with E-state index in [0.717, 1.165) is 12.8 Å². The highest BCUT2D eigenvalue weighted by atomic mass is 35.5. The lowest BCUT2D eigenvalue weighted by Gasteiger charge is -2.36. The molecule has 0 amide bonds. The van der Waals surface area contributed by atoms with E-state index < -0.39 is 27.8 Å². The summed E-state index contributed by atoms with van der Waals surface area (Å²) in [5, 5.41) is 29.2. The quantitative estimate of drug-likeness (QED) is 0.522. The van der Waals surface area contributed by atoms with Gasteiger partial charge in [-0.25, -0.2) is 13.1 Å². The molecular weight excluding hydrogens is 456 g/mol. The molecule has 1 aromatic heterocycles. The zero-order valence-corrected chi connectivity index (χ0v) is 19.3. The van der Waals surface area contributed by atoms with Crippen molar-refractivity contribution in [1.29, 1.82) is 0 Å². The van der Waals surface area contributed by atoms with Crippen LogP contribution in [0.5, 0.6) is 0 Å². The second kappa shape index (κ2) is 9.74. The molecule has 32 heavy (non-hydrogen) atoms. The molecule has 9 nitrogen and oxygen atoms in total. The van der Waals surface area contributed by atoms with Crippen LogP contribution in [0, 0.1) is 0 Å². The van der Waals surface area contributed by atoms with Crippen molar-refractivity contribution in [2.45, 2.75) is 80.2 Å². The van der Waals surface area contributed by atoms with Gasteiger partial charge in [0.25, 0.3) is 0 Å². The first kappa shape index (κ1) is 23.6. The van der Waals surface area contributed by atoms with Gasteiger partial charge in [-0.1, -0.05) is 29.7 Å². The van der Waals surface area contributed by atoms with Gasteiger partial charge in [0, 0.05) is 11.6 Å². The van der Waals surface area contributed by atoms with Crippen LogP contribution in [-0.4, -0.2) is 58.5 Å². The highest BCUT2D eigenvalue weighted by Crippen LogP contribution is 2.37. The van der Waals surface area contributed by atoms with E-state index in [1.54, 1.807) is 10.9 Å². The molecule has 1 aromatic carbocycles. The van der Waals surface area contributed by atoms with Crippen molar-refractivity contribution in [3.63, 3.8) is 0 Å². The number of rotatable bonds is 8. The van der Waals surface area contributed by atoms with Gasteiger partial charge < -0.3 is 14.9 Å². The van der Waals surface area contributed by atoms with Crippen molar-refractivity contribution in [1.82, 2.24) is 19.7 Å². The number of hydrogen-bond donors (Lipinski definition) is 3. The molecule has 0 bridgehead atoms. The van der Waals surface area contributed by atoms with Gasteiger partial charge in [0.05, 0.1) is 35.9 Å². The molecule has 0 unspecified atom stereocenters. The predicted molar refractivity (Wildman–Crippen MR) is 118 cm³/mol. The molecule has 4 rings (SSSR count). The SMILES string of the molecule is O=S(=O)(N[C@H]1CC[C@H](CCn2cc(C3(O)CCCC3)nn2)O[C@H]1CO)c1ccc(Cl)cc1. The lowest BCUT2D eigenvalue weighted by molar-refractivity contribution is -0.0891. The maximum absolute atomic E-state index is 12.7. The first-order valence-electron chi connectivity index (χ1n) is 11.0. The molecule has 176 valence electrons. The van der Waals surface area contributed by atoms with Crippen molar-refractivity contribution in [3.05, 3.63) is 41.2 Å². The second-order valence-corrected chi connectivity index (χ2v) is 10.8. The number of sulfonamides is 1. The van der Waals surface area contributed by atoms with E-state index in [2.05, 4.69) is 15.0 Å². The minimum Gasteiger partial charge on any atom is -0.394 e. The molecule has 11 heteroatoms. The number of nitrogens with zero attached hydrogens (tertiary/aromatic N) is 3. The molecule has 0 radical (unpaired) electrons. The van der Waals surface area contributed by atoms with Crippen LogP contribution in [-0.2, 0) is 26.9 Å². The van der Waals surface area contributed by atoms with Crippen molar-refractivity contribution in [2.24, 2.45) is 0 Å². The molecular formula is C21H29ClN4O5S. The Morgan fingerprint density at radius 3 is 2.62 bits per heavy atom. The van der Waals surface area contributed by atoms with E-state index in [1.807, 2.05) is 0 Å². The molecule has 1 aliphatic heterocycles. The summed E-state index contributed by atoms with van der Waals surface area (Å²) in [7, 11) is -3.75. The molecule has 1 saturated carbocycles. The molecule has 2 aromatic rings. The number of ether oxygens (including phenoxy) is 1. The summed E-state index contributed by atoms with van der Waals surface area (Å²) < 4.78 is 35.7. The zero-order valence-electron chi connectivity index (χ0n) is 17.7. The Morgan fingerprint density at radius 2 is 1.94 bits per heavy atom. The summed E-state index contributed by atoms with van der Waals surface area (Å²) in [6, 6.07) is 5.41. The fraction of sp³-hybridized carbons (Fsp3) is 0.619. The zero-order chi connectivity index (χ0) is 22.8. The summed E-state index contributed by atoms with van der Waals surface area (Å²) in [6.45, 7) is 0.276. The fourth-order valence-electron chi connectivity index (χ4n) is 4.47. The predicted octanol–water partition coefficient (Wildman–Crippen LogP) is 1.97. The number of aliphatic hydroxyl groups excluding tert-OH is 1. The fourth-order valence-corrected chi connectivity index (χ4v) is 5.90. The number of aryl methyl sites for hydroxylation is 1. The van der Waals surface area contributed by atoms with E-state index in [9.17, 15) is 18.6 Å². The van der Waals surface area contributed by atoms with Crippen molar-refractivity contribution in [3.8, 4) is 0 Å². The highest BCUT2D eigenvalue weighted by Gasteiger charge is 2.36. The first-order chi connectivity index (χ1) is 15.3. The van der Waals surface area contributed by atoms with Gasteiger partial charge in [-0.15, -0.1) is 5.10 Å². The van der Waals surface area contributed by atoms with Crippen molar-refractivity contribution < 1.29 is 23.4 Å². The van der Waals surface area contributed by atoms with Crippen LogP contribution >= 0.6 is 11.6 Å². The van der Waals surface area contributed by atoms with Crippen LogP contribution in [0.4, 0.5) is 0 Å². The van der Waals surface area contributed by atoms with E-state index in [0.29, 0.717) is 49.4 Å². The second-order valence-electron chi connectivity index (χ2n) is 8.63. The number of hydrogen-bond acceptors (Lipinski definition) is 7. The Labute approximate surface area is 192 Å². The third kappa shape index (κ3) is 5.32. The van der Waals surface area contributed by atoms with E-state index in [-0.39, 0.29) is 17.6 Å². The molecule has 2 fully saturated rings. The molecule has 1 aliphatic carbocycles. The summed E-state index contributed by atoms with van der Waals surface area (Å²) in [6.07, 6.45) is 6.27. The minimum absolute atomic E-state index is 0.117. The minimum atomic E-state index is -3.75. The van der Waals surface area contributed by atoms with Gasteiger partial charge in [0.1, 0.15) is 11.3 Å². The lowest BCUT2D eigenvalue weighted by atomic mass is 9.98. The van der Waals surface area contributed by atoms with E-state index in [4.69, 9.17) is 16.3 Å². The summed E-state index contributed by atoms with van der Waals surface area (Å²) >= 11 is 5.84. The van der Waals surface area contributed by atoms with Crippen LogP contribution in [0.25, 0.3) is 0 Å². The third-order valence-corrected chi connectivity index (χ3v) is 8.11. The van der Waals surface area contributed by atoms with Gasteiger partial charge in [0.2, 0.25) is 10.0 Å². The summed E-state index contributed by atoms with van der Waals surface area (Å²) in [5.41, 5.74) is -0.250. The Morgan fingerprint density at radius 1 is 1.22 bits per heavy atom. The normalized spacial score (nSPS) is 25.8. The van der Waals surface area contributed by atoms with Crippen LogP contribution in [0.3, 0.4) is 0 Å². The van der Waals surface area contributed by atoms with Gasteiger partial charge in [-0.2, -0.15) is 0 Å². The first-order valence-corrected chi connectivity index (χ1v) is 12.8. The topological polar surface area (TPSA) is 127 Å². The number of nitrogens with one attached hydrogen (secondary N) is 1. The van der Waals surface area contributed by atoms with Gasteiger partial charge in [-0.3, -0.25) is 4.68 Å². The van der Waals surface area contributed by atoms with Crippen molar-refractivity contribution in [2.75, 3.05) is 6.61 Å². The molecule has 0 spiro atoms. The number of aromatic nitrogens is 3. The van der Waals surface area contributed by atoms with Crippen LogP contribution < -0.4 is 4.72 Å². The standard InChI is InChI=1S/C21H29ClN4O5S/c22-15-3-6-17(7-4-15)32(29,30)24-18-8-5-16(31-19(18)14-27)9-12-26-13-20(23-25-26)21(28)10-1-2-11-21/h3-4,6-7,13,16,18-19,24,27-28H,1-2,5,8-12,14H2/t16-,18+,19+/m1/s1. The number of aliphatic hydroxyl groups is 2. The molecule has 3 N–H and O–H groups in total. The lowest BCUT2D eigenvalue weighted by Crippen LogP contribution is -2.50. The van der Waals surface area contributed by atoms with E-state index in [1.165, 1.54) is 24.3 Å². The Kier molecular flexibility index (Phi) is 7.18. The average molecular weight is 485 g/mol. The van der Waals surface area contributed by atoms with Crippen LogP contribution in [0.2, 0.25) is 5.02 Å². The highest BCUT2D eigenvalue weighted by molar-refractivity contribution is 7.89. The Balaban J connectivity index is 1.32. The largest absolute Gasteiger partial charge is 0.394 e. The average Bonchev–Trinajstić information content (AvgIpc) is 3.43. The van der Waals surface area contributed by atoms with Gasteiger partial charge >= 0.3 is 0 Å². The molecule has 2 heterocycles. The molecule has 3 atom stereocenters. The van der Waals surface area contributed by atoms with Crippen LogP contribution in [0.1, 0.15) is 50.6 Å². The maximum atomic E-state index is 12.7. The number of benzene rings is 1. The third-order valence-electron chi connectivity index (χ3n) is 6.35. The summed E-state index contributed by atoms with van der Waals surface area (Å²) in [4.78, 5) is 0.117. The number of halogens is 1. The van der Waals surface area contributed by atoms with Gasteiger partial charge in [-0.05, 0) is 56.4 Å². The smallest absolute Gasteiger partial charge is 0.240 e. The Hall–Kier alpha value is -1.56. The maximum Gasteiger partial charge on any atom is 0.240 e. The van der Waals surface area contributed by atoms with Crippen molar-refractivity contribution >= 4 is 21.6 Å². The van der Waals surface area contributed by atoms with Crippen LogP contribution in [0.15, 0.2) is 35.4 Å². The molecule has 2 aliphatic rings. The monoisotopic (exact) mass is 484 g/mol. The van der Waals surface area contributed by atoms with Gasteiger partial charge in [0.15, 0.2) is 0 Å².